The van der Waals surface area contributed by atoms with Crippen molar-refractivity contribution in [1.82, 2.24) is 15.0 Å². The number of anilines is 3. The van der Waals surface area contributed by atoms with Gasteiger partial charge in [-0.2, -0.15) is 13.8 Å². The molecule has 35 heavy (non-hydrogen) atoms. The van der Waals surface area contributed by atoms with Crippen molar-refractivity contribution in [3.63, 3.8) is 0 Å². The smallest absolute Gasteiger partial charge is 0.286 e. The zero-order valence-electron chi connectivity index (χ0n) is 20.6. The highest BCUT2D eigenvalue weighted by Gasteiger charge is 2.37. The van der Waals surface area contributed by atoms with Gasteiger partial charge in [0.2, 0.25) is 11.9 Å². The largest absolute Gasteiger partial charge is 0.492 e. The van der Waals surface area contributed by atoms with Crippen LogP contribution in [0.25, 0.3) is 0 Å². The quantitative estimate of drug-likeness (QED) is 0.550. The van der Waals surface area contributed by atoms with Crippen LogP contribution in [0, 0.1) is 18.8 Å². The van der Waals surface area contributed by atoms with Gasteiger partial charge in [0.1, 0.15) is 23.2 Å². The first-order valence-corrected chi connectivity index (χ1v) is 11.7. The Morgan fingerprint density at radius 1 is 1.29 bits per heavy atom. The van der Waals surface area contributed by atoms with Gasteiger partial charge < -0.3 is 25.0 Å². The highest BCUT2D eigenvalue weighted by atomic mass is 19.3. The molecule has 0 saturated heterocycles. The van der Waals surface area contributed by atoms with E-state index in [2.05, 4.69) is 25.6 Å². The van der Waals surface area contributed by atoms with E-state index in [1.165, 1.54) is 18.3 Å². The number of carbonyl (C=O) groups excluding carboxylic acids is 1. The van der Waals surface area contributed by atoms with Crippen LogP contribution in [0.15, 0.2) is 18.3 Å². The van der Waals surface area contributed by atoms with E-state index in [0.717, 1.165) is 26.3 Å². The minimum atomic E-state index is -2.96. The maximum Gasteiger partial charge on any atom is 0.286 e. The predicted octanol–water partition coefficient (Wildman–Crippen LogP) is 3.60. The molecule has 2 N–H and O–H groups in total. The van der Waals surface area contributed by atoms with Gasteiger partial charge >= 0.3 is 0 Å². The Kier molecular flexibility index (Phi) is 7.07. The van der Waals surface area contributed by atoms with E-state index in [9.17, 15) is 13.6 Å². The summed E-state index contributed by atoms with van der Waals surface area (Å²) in [5, 5.41) is 6.24. The lowest BCUT2D eigenvalue weighted by atomic mass is 9.75. The van der Waals surface area contributed by atoms with Crippen molar-refractivity contribution in [3.8, 4) is 5.75 Å². The monoisotopic (exact) mass is 490 g/mol. The number of methoxy groups -OCH3 is 1. The van der Waals surface area contributed by atoms with Crippen molar-refractivity contribution < 1.29 is 23.0 Å². The minimum absolute atomic E-state index is 0.139. The first kappa shape index (κ1) is 25.0. The van der Waals surface area contributed by atoms with E-state index in [1.54, 1.807) is 7.11 Å². The van der Waals surface area contributed by atoms with Crippen LogP contribution in [-0.2, 0) is 15.5 Å². The van der Waals surface area contributed by atoms with E-state index in [1.807, 2.05) is 25.8 Å². The van der Waals surface area contributed by atoms with Crippen LogP contribution in [0.5, 0.6) is 5.75 Å². The zero-order valence-corrected chi connectivity index (χ0v) is 20.6. The number of fused-ring (bicyclic) bond motifs is 1. The van der Waals surface area contributed by atoms with Crippen LogP contribution in [-0.4, -0.2) is 60.3 Å². The van der Waals surface area contributed by atoms with Crippen LogP contribution in [0.3, 0.4) is 0 Å². The summed E-state index contributed by atoms with van der Waals surface area (Å²) in [6.07, 6.45) is 3.02. The summed E-state index contributed by atoms with van der Waals surface area (Å²) in [6.45, 7) is 5.77. The molecular formula is C24H32F2N6O3. The zero-order chi connectivity index (χ0) is 25.3. The Morgan fingerprint density at radius 2 is 2.03 bits per heavy atom. The van der Waals surface area contributed by atoms with E-state index in [-0.39, 0.29) is 17.7 Å². The van der Waals surface area contributed by atoms with Gasteiger partial charge in [0.05, 0.1) is 24.6 Å². The predicted molar refractivity (Wildman–Crippen MR) is 128 cm³/mol. The fourth-order valence-corrected chi connectivity index (χ4v) is 4.55. The molecule has 1 aliphatic heterocycles. The summed E-state index contributed by atoms with van der Waals surface area (Å²) in [7, 11) is 3.41. The number of hydrogen-bond donors (Lipinski definition) is 2. The second kappa shape index (κ2) is 9.88. The molecule has 0 unspecified atom stereocenters. The third kappa shape index (κ3) is 5.44. The van der Waals surface area contributed by atoms with Gasteiger partial charge in [-0.05, 0) is 50.7 Å². The normalized spacial score (nSPS) is 22.7. The molecule has 2 aliphatic rings. The molecule has 0 spiro atoms. The molecule has 1 saturated carbocycles. The van der Waals surface area contributed by atoms with Crippen LogP contribution in [0.2, 0.25) is 0 Å². The Balaban J connectivity index is 1.27. The van der Waals surface area contributed by atoms with Gasteiger partial charge in [0, 0.05) is 27.6 Å². The van der Waals surface area contributed by atoms with Crippen molar-refractivity contribution in [2.45, 2.75) is 51.7 Å². The summed E-state index contributed by atoms with van der Waals surface area (Å²) in [4.78, 5) is 27.3. The van der Waals surface area contributed by atoms with Crippen LogP contribution < -0.4 is 20.3 Å². The van der Waals surface area contributed by atoms with Crippen molar-refractivity contribution >= 4 is 23.4 Å². The molecule has 0 aromatic carbocycles. The van der Waals surface area contributed by atoms with Gasteiger partial charge in [-0.3, -0.25) is 9.78 Å². The van der Waals surface area contributed by atoms with Gasteiger partial charge in [-0.15, -0.1) is 0 Å². The molecule has 9 nitrogen and oxygen atoms in total. The van der Waals surface area contributed by atoms with E-state index in [0.29, 0.717) is 47.3 Å². The lowest BCUT2D eigenvalue weighted by Crippen LogP contribution is -2.53. The summed E-state index contributed by atoms with van der Waals surface area (Å²) < 4.78 is 37.6. The second-order valence-electron chi connectivity index (χ2n) is 9.48. The number of ether oxygens (including phenoxy) is 2. The molecule has 2 atom stereocenters. The van der Waals surface area contributed by atoms with Crippen molar-refractivity contribution in [2.75, 3.05) is 42.8 Å². The van der Waals surface area contributed by atoms with Gasteiger partial charge in [0.25, 0.3) is 5.92 Å². The lowest BCUT2D eigenvalue weighted by molar-refractivity contribution is -0.120. The number of alkyl halides is 2. The highest BCUT2D eigenvalue weighted by molar-refractivity contribution is 6.03. The third-order valence-corrected chi connectivity index (χ3v) is 6.71. The maximum atomic E-state index is 13.3. The molecular weight excluding hydrogens is 458 g/mol. The molecule has 0 radical (unpaired) electrons. The number of halogens is 2. The number of nitrogens with zero attached hydrogens (tertiary/aromatic N) is 4. The number of amides is 1. The number of rotatable bonds is 9. The number of aromatic nitrogens is 3. The summed E-state index contributed by atoms with van der Waals surface area (Å²) >= 11 is 0. The molecule has 190 valence electrons. The van der Waals surface area contributed by atoms with Gasteiger partial charge in [-0.25, -0.2) is 4.98 Å². The third-order valence-electron chi connectivity index (χ3n) is 6.71. The Labute approximate surface area is 203 Å². The standard InChI is InChI=1S/C24H32F2N6O3/c1-13-19-21(32(4)20(14(2)34-5)22(33)30-19)31-23(29-13)28-10-15-8-16(9-15)12-35-17-6-7-18(27-11-17)24(3,25)26/h6-7,11,14-16,20H,8-10,12H2,1-5H3,(H,30,33)(H,28,29,31)/t14-,15-,16+,20+/m1/s1. The van der Waals surface area contributed by atoms with Crippen LogP contribution in [0.4, 0.5) is 26.2 Å². The van der Waals surface area contributed by atoms with Crippen LogP contribution in [0.1, 0.15) is 38.1 Å². The average Bonchev–Trinajstić information content (AvgIpc) is 2.78. The molecule has 1 amide bonds. The molecule has 1 aliphatic carbocycles. The highest BCUT2D eigenvalue weighted by Crippen LogP contribution is 2.36. The molecule has 11 heteroatoms. The first-order chi connectivity index (χ1) is 16.6. The number of pyridine rings is 1. The van der Waals surface area contributed by atoms with Crippen molar-refractivity contribution in [3.05, 3.63) is 29.7 Å². The van der Waals surface area contributed by atoms with Crippen molar-refractivity contribution in [2.24, 2.45) is 11.8 Å². The van der Waals surface area contributed by atoms with E-state index in [4.69, 9.17) is 9.47 Å². The maximum absolute atomic E-state index is 13.3. The van der Waals surface area contributed by atoms with Crippen molar-refractivity contribution in [1.29, 1.82) is 0 Å². The molecule has 2 aromatic rings. The first-order valence-electron chi connectivity index (χ1n) is 11.7. The fourth-order valence-electron chi connectivity index (χ4n) is 4.55. The molecule has 2 aromatic heterocycles. The Morgan fingerprint density at radius 3 is 2.66 bits per heavy atom. The molecule has 1 fully saturated rings. The van der Waals surface area contributed by atoms with Gasteiger partial charge in [0.15, 0.2) is 5.82 Å². The summed E-state index contributed by atoms with van der Waals surface area (Å²) in [6, 6.07) is 2.35. The molecule has 3 heterocycles. The summed E-state index contributed by atoms with van der Waals surface area (Å²) in [5.41, 5.74) is 1.05. The number of carbonyl (C=O) groups is 1. The fraction of sp³-hybridized carbons (Fsp3) is 0.583. The second-order valence-corrected chi connectivity index (χ2v) is 9.48. The molecule has 4 rings (SSSR count). The number of hydrogen-bond acceptors (Lipinski definition) is 8. The minimum Gasteiger partial charge on any atom is -0.492 e. The van der Waals surface area contributed by atoms with Crippen LogP contribution >= 0.6 is 0 Å². The Hall–Kier alpha value is -3.08. The summed E-state index contributed by atoms with van der Waals surface area (Å²) in [5.74, 6) is -0.560. The molecule has 0 bridgehead atoms. The average molecular weight is 491 g/mol. The van der Waals surface area contributed by atoms with Gasteiger partial charge in [-0.1, -0.05) is 0 Å². The number of likely N-dealkylation sites (N-methyl/N-ethyl adjacent to an activating group) is 1. The Bertz CT molecular complexity index is 1060. The number of aryl methyl sites for hydroxylation is 1. The van der Waals surface area contributed by atoms with E-state index < -0.39 is 12.0 Å². The number of nitrogens with one attached hydrogen (secondary N) is 2. The van der Waals surface area contributed by atoms with E-state index >= 15 is 0 Å². The lowest BCUT2D eigenvalue weighted by Gasteiger charge is -2.37. The topological polar surface area (TPSA) is 102 Å². The SMILES string of the molecule is CO[C@H](C)[C@H]1C(=O)Nc2c(C)nc(NC[C@H]3C[C@@H](COc4ccc(C(C)(F)F)nc4)C3)nc2N1C.